The molecule has 4 heterocycles. The van der Waals surface area contributed by atoms with Crippen LogP contribution in [0, 0.1) is 44.8 Å². The number of Topliss-reactive ketones (excluding diaryl/α,β-unsaturated/α-hetero) is 1. The van der Waals surface area contributed by atoms with E-state index in [1.54, 1.807) is 0 Å². The predicted molar refractivity (Wildman–Crippen MR) is 248 cm³/mol. The molecular weight excluding hydrogens is 965 g/mol. The molecule has 22 nitrogen and oxygen atoms in total. The van der Waals surface area contributed by atoms with Crippen LogP contribution in [-0.2, 0) is 42.7 Å². The van der Waals surface area contributed by atoms with Crippen molar-refractivity contribution >= 4 is 5.78 Å². The van der Waals surface area contributed by atoms with Gasteiger partial charge in [-0.3, -0.25) is 4.79 Å². The molecule has 8 fully saturated rings. The van der Waals surface area contributed by atoms with Crippen molar-refractivity contribution < 1.29 is 109 Å². The Balaban J connectivity index is 0.991. The largest absolute Gasteiger partial charge is 0.396 e. The number of hydrogen-bond acceptors (Lipinski definition) is 22. The monoisotopic (exact) mass is 1050 g/mol. The zero-order valence-electron chi connectivity index (χ0n) is 42.8. The SMILES string of the molecule is C[C@@H]1O[C@@H](O[C@H]2[C@H](O[C@H]3[C@@H](O)C[C@@]4(C)[C@@H](CC[C@]5(C)[C@@H]4CC=C4[C@@H]6CC(C)(C)CC[C@]6(O)C(=O)C[C@]45C)[C@]3(C)CO)O[C@H](CO[C@@H]3OC[C@H](O)[C@H](O)[C@H]3O[C@@H]3OC[C@H](O)[C@H](O)[C@H]3O)[C@@H](O)[C@@H]2O)[C@H](O)[C@H](O)[C@H]1O. The van der Waals surface area contributed by atoms with E-state index in [-0.39, 0.29) is 41.8 Å². The lowest BCUT2D eigenvalue weighted by Crippen LogP contribution is -2.70. The third kappa shape index (κ3) is 9.14. The predicted octanol–water partition coefficient (Wildman–Crippen LogP) is -2.38. The molecule has 0 unspecified atom stereocenters. The summed E-state index contributed by atoms with van der Waals surface area (Å²) in [7, 11) is 0. The number of allylic oxidation sites excluding steroid dienone is 1. The maximum atomic E-state index is 14.2. The zero-order valence-corrected chi connectivity index (χ0v) is 42.8. The van der Waals surface area contributed by atoms with E-state index in [0.717, 1.165) is 12.0 Å². The van der Waals surface area contributed by atoms with Gasteiger partial charge in [0.05, 0.1) is 44.7 Å². The van der Waals surface area contributed by atoms with Crippen molar-refractivity contribution in [2.75, 3.05) is 26.4 Å². The topological polar surface area (TPSA) is 354 Å². The van der Waals surface area contributed by atoms with Crippen molar-refractivity contribution in [3.63, 3.8) is 0 Å². The molecule has 9 aliphatic rings. The lowest BCUT2D eigenvalue weighted by Gasteiger charge is -2.71. The molecule has 5 aliphatic carbocycles. The second-order valence-electron chi connectivity index (χ2n) is 25.0. The average molecular weight is 1050 g/mol. The molecule has 73 heavy (non-hydrogen) atoms. The Labute approximate surface area is 425 Å². The van der Waals surface area contributed by atoms with Gasteiger partial charge in [-0.25, -0.2) is 0 Å². The standard InChI is InChI=1S/C51H82O22/c1-21-31(57)35(61)38(64)43(69-21)72-40-36(62)34(60)27(19-68-44-39(33(59)26(55)18-67-44)71-42-37(63)32(58)25(54)17-66-42)70-45(40)73-41-24(53)15-47(4)28(48(41,5)20-52)10-11-49(6)29(47)9-8-22-23-14-46(2,3)12-13-51(23,65)30(56)16-50(22,49)7/h8,21,23-29,31-45,52-55,57-65H,9-20H2,1-7H3/t21-,23-,24-,25-,26-,27+,28+,29+,31-,32-,33-,34+,35+,36-,37+,38+,39+,40+,41-,42-,43-,44-,45-,47-,48-,49+,50+,51+/m0/s1. The van der Waals surface area contributed by atoms with Crippen LogP contribution in [0.15, 0.2) is 11.6 Å². The van der Waals surface area contributed by atoms with Gasteiger partial charge in [-0.05, 0) is 80.0 Å². The molecule has 13 N–H and O–H groups in total. The van der Waals surface area contributed by atoms with Crippen LogP contribution >= 0.6 is 0 Å². The van der Waals surface area contributed by atoms with E-state index in [0.29, 0.717) is 32.1 Å². The number of hydrogen-bond donors (Lipinski definition) is 13. The van der Waals surface area contributed by atoms with Crippen LogP contribution < -0.4 is 0 Å². The van der Waals surface area contributed by atoms with Gasteiger partial charge >= 0.3 is 0 Å². The highest BCUT2D eigenvalue weighted by Crippen LogP contribution is 2.74. The van der Waals surface area contributed by atoms with Gasteiger partial charge in [-0.15, -0.1) is 0 Å². The average Bonchev–Trinajstić information content (AvgIpc) is 3.33. The molecule has 0 aromatic rings. The summed E-state index contributed by atoms with van der Waals surface area (Å²) in [5.74, 6) is -0.832. The minimum absolute atomic E-state index is 0.0639. The Kier molecular flexibility index (Phi) is 15.4. The van der Waals surface area contributed by atoms with Crippen LogP contribution in [0.5, 0.6) is 0 Å². The summed E-state index contributed by atoms with van der Waals surface area (Å²) in [6, 6.07) is 0. The van der Waals surface area contributed by atoms with Crippen molar-refractivity contribution in [1.29, 1.82) is 0 Å². The molecule has 0 radical (unpaired) electrons. The highest BCUT2D eigenvalue weighted by Gasteiger charge is 2.72. The lowest BCUT2D eigenvalue weighted by atomic mass is 9.34. The van der Waals surface area contributed by atoms with E-state index < -0.39 is 177 Å². The first-order chi connectivity index (χ1) is 34.1. The van der Waals surface area contributed by atoms with Crippen molar-refractivity contribution in [3.05, 3.63) is 11.6 Å². The molecule has 9 rings (SSSR count). The Bertz CT molecular complexity index is 2030. The fourth-order valence-corrected chi connectivity index (χ4v) is 15.5. The summed E-state index contributed by atoms with van der Waals surface area (Å²) in [4.78, 5) is 14.2. The molecule has 4 saturated heterocycles. The third-order valence-corrected chi connectivity index (χ3v) is 20.1. The first kappa shape index (κ1) is 56.3. The quantitative estimate of drug-likeness (QED) is 0.0802. The summed E-state index contributed by atoms with van der Waals surface area (Å²) < 4.78 is 47.7. The first-order valence-corrected chi connectivity index (χ1v) is 26.2. The number of ether oxygens (including phenoxy) is 8. The normalized spacial score (nSPS) is 56.1. The molecule has 0 aromatic carbocycles. The molecular formula is C51H82O22. The molecule has 0 bridgehead atoms. The van der Waals surface area contributed by atoms with E-state index in [9.17, 15) is 71.2 Å². The number of ketones is 1. The molecule has 0 amide bonds. The van der Waals surface area contributed by atoms with Gasteiger partial charge in [0.1, 0.15) is 85.0 Å². The van der Waals surface area contributed by atoms with Crippen molar-refractivity contribution in [1.82, 2.24) is 0 Å². The molecule has 22 heteroatoms. The van der Waals surface area contributed by atoms with Crippen LogP contribution in [0.1, 0.15) is 99.8 Å². The van der Waals surface area contributed by atoms with Gasteiger partial charge in [-0.1, -0.05) is 53.2 Å². The maximum Gasteiger partial charge on any atom is 0.187 e. The summed E-state index contributed by atoms with van der Waals surface area (Å²) in [5.41, 5.74) is -3.25. The first-order valence-electron chi connectivity index (χ1n) is 26.2. The molecule has 0 aromatic heterocycles. The van der Waals surface area contributed by atoms with Crippen molar-refractivity contribution in [2.45, 2.75) is 228 Å². The van der Waals surface area contributed by atoms with Gasteiger partial charge in [0.25, 0.3) is 0 Å². The molecule has 28 atom stereocenters. The second-order valence-corrected chi connectivity index (χ2v) is 25.0. The number of aliphatic hydroxyl groups is 13. The number of carbonyl (C=O) groups is 1. The Morgan fingerprint density at radius 1 is 0.644 bits per heavy atom. The van der Waals surface area contributed by atoms with E-state index >= 15 is 0 Å². The minimum atomic E-state index is -1.94. The summed E-state index contributed by atoms with van der Waals surface area (Å²) in [6.45, 7) is 12.1. The Morgan fingerprint density at radius 2 is 1.27 bits per heavy atom. The van der Waals surface area contributed by atoms with E-state index in [4.69, 9.17) is 37.9 Å². The van der Waals surface area contributed by atoms with Crippen LogP contribution in [-0.4, -0.2) is 227 Å². The van der Waals surface area contributed by atoms with Gasteiger partial charge in [0, 0.05) is 23.2 Å². The van der Waals surface area contributed by atoms with Crippen LogP contribution in [0.2, 0.25) is 0 Å². The Hall–Kier alpha value is -1.43. The van der Waals surface area contributed by atoms with E-state index in [1.165, 1.54) is 6.92 Å². The van der Waals surface area contributed by atoms with Gasteiger partial charge in [-0.2, -0.15) is 0 Å². The fourth-order valence-electron chi connectivity index (χ4n) is 15.5. The fraction of sp³-hybridized carbons (Fsp3) is 0.941. The second kappa shape index (κ2) is 20.0. The Morgan fingerprint density at radius 3 is 1.96 bits per heavy atom. The van der Waals surface area contributed by atoms with Crippen LogP contribution in [0.4, 0.5) is 0 Å². The van der Waals surface area contributed by atoms with Crippen LogP contribution in [0.3, 0.4) is 0 Å². The molecule has 418 valence electrons. The smallest absolute Gasteiger partial charge is 0.187 e. The van der Waals surface area contributed by atoms with Gasteiger partial charge in [0.15, 0.2) is 30.9 Å². The highest BCUT2D eigenvalue weighted by molar-refractivity contribution is 5.91. The van der Waals surface area contributed by atoms with Crippen molar-refractivity contribution in [3.8, 4) is 0 Å². The van der Waals surface area contributed by atoms with Crippen LogP contribution in [0.25, 0.3) is 0 Å². The summed E-state index contributed by atoms with van der Waals surface area (Å²) in [5, 5.41) is 144. The van der Waals surface area contributed by atoms with Gasteiger partial charge < -0.3 is 104 Å². The number of fused-ring (bicyclic) bond motifs is 7. The van der Waals surface area contributed by atoms with E-state index in [1.807, 2.05) is 6.92 Å². The van der Waals surface area contributed by atoms with E-state index in [2.05, 4.69) is 40.7 Å². The minimum Gasteiger partial charge on any atom is -0.396 e. The number of aliphatic hydroxyl groups excluding tert-OH is 12. The van der Waals surface area contributed by atoms with Gasteiger partial charge in [0.2, 0.25) is 0 Å². The van der Waals surface area contributed by atoms with Crippen molar-refractivity contribution in [2.24, 2.45) is 44.8 Å². The molecule has 0 spiro atoms. The number of carbonyl (C=O) groups excluding carboxylic acids is 1. The third-order valence-electron chi connectivity index (χ3n) is 20.1. The highest BCUT2D eigenvalue weighted by atomic mass is 16.8. The molecule has 4 saturated carbocycles. The number of rotatable bonds is 10. The lowest BCUT2D eigenvalue weighted by molar-refractivity contribution is -0.387. The summed E-state index contributed by atoms with van der Waals surface area (Å²) in [6.07, 6.45) is -25.9. The maximum absolute atomic E-state index is 14.2. The summed E-state index contributed by atoms with van der Waals surface area (Å²) >= 11 is 0. The molecule has 4 aliphatic heterocycles. The zero-order chi connectivity index (χ0) is 53.3.